The molecule has 0 N–H and O–H groups in total. The van der Waals surface area contributed by atoms with Crippen LogP contribution in [0.3, 0.4) is 0 Å². The number of carbonyl (C=O) groups excluding carboxylic acids is 1. The summed E-state index contributed by atoms with van der Waals surface area (Å²) >= 11 is 0. The zero-order chi connectivity index (χ0) is 13.0. The number of rotatable bonds is 4. The van der Waals surface area contributed by atoms with E-state index in [1.54, 1.807) is 0 Å². The van der Waals surface area contributed by atoms with Crippen molar-refractivity contribution in [1.82, 2.24) is 4.90 Å². The quantitative estimate of drug-likeness (QED) is 0.763. The maximum atomic E-state index is 12.1. The molecule has 2 atom stereocenters. The molecule has 18 heavy (non-hydrogen) atoms. The first-order valence-corrected chi connectivity index (χ1v) is 6.98. The molecule has 0 aromatic heterocycles. The van der Waals surface area contributed by atoms with Crippen molar-refractivity contribution in [2.24, 2.45) is 0 Å². The fourth-order valence-corrected chi connectivity index (χ4v) is 2.87. The number of nitrogens with zero attached hydrogens (tertiary/aromatic N) is 1. The summed E-state index contributed by atoms with van der Waals surface area (Å²) in [5.41, 5.74) is 1.12. The smallest absolute Gasteiger partial charge is 0.151 e. The third kappa shape index (κ3) is 3.42. The van der Waals surface area contributed by atoms with Crippen molar-refractivity contribution in [3.8, 4) is 0 Å². The van der Waals surface area contributed by atoms with Crippen LogP contribution in [0.5, 0.6) is 0 Å². The Labute approximate surface area is 110 Å². The monoisotopic (exact) mass is 248 g/mol. The van der Waals surface area contributed by atoms with Gasteiger partial charge in [0, 0.05) is 18.5 Å². The first-order valence-electron chi connectivity index (χ1n) is 6.98. The van der Waals surface area contributed by atoms with Gasteiger partial charge in [0.1, 0.15) is 0 Å². The van der Waals surface area contributed by atoms with E-state index >= 15 is 0 Å². The van der Waals surface area contributed by atoms with E-state index in [9.17, 15) is 4.79 Å². The molecule has 0 saturated carbocycles. The minimum Gasteiger partial charge on any atom is -0.298 e. The van der Waals surface area contributed by atoms with Crippen LogP contribution in [0.25, 0.3) is 0 Å². The maximum absolute atomic E-state index is 12.1. The van der Waals surface area contributed by atoms with Crippen molar-refractivity contribution in [1.29, 1.82) is 0 Å². The summed E-state index contributed by atoms with van der Waals surface area (Å²) in [6.07, 6.45) is 4.31. The van der Waals surface area contributed by atoms with Gasteiger partial charge in [0.2, 0.25) is 0 Å². The van der Waals surface area contributed by atoms with Gasteiger partial charge in [0.05, 0.1) is 6.54 Å². The number of ketones is 1. The van der Waals surface area contributed by atoms with Gasteiger partial charge in [-0.2, -0.15) is 0 Å². The zero-order valence-corrected chi connectivity index (χ0v) is 11.4. The lowest BCUT2D eigenvalue weighted by atomic mass is 10.0. The van der Waals surface area contributed by atoms with Crippen molar-refractivity contribution in [2.45, 2.75) is 51.6 Å². The van der Waals surface area contributed by atoms with Crippen LogP contribution in [-0.4, -0.2) is 29.3 Å². The molecule has 1 aliphatic heterocycles. The second kappa shape index (κ2) is 6.14. The van der Waals surface area contributed by atoms with Gasteiger partial charge < -0.3 is 0 Å². The molecule has 0 aliphatic carbocycles. The molecule has 2 rings (SSSR count). The zero-order valence-electron chi connectivity index (χ0n) is 11.4. The van der Waals surface area contributed by atoms with Gasteiger partial charge in [0.15, 0.2) is 5.78 Å². The third-order valence-corrected chi connectivity index (χ3v) is 3.98. The summed E-state index contributed by atoms with van der Waals surface area (Å²) in [7, 11) is 0. The number of benzene rings is 1. The lowest BCUT2D eigenvalue weighted by molar-refractivity contribution is -0.121. The van der Waals surface area contributed by atoms with E-state index in [0.29, 0.717) is 30.8 Å². The van der Waals surface area contributed by atoms with Crippen LogP contribution >= 0.6 is 0 Å². The molecule has 0 bridgehead atoms. The van der Waals surface area contributed by atoms with Crippen LogP contribution in [0.2, 0.25) is 0 Å². The van der Waals surface area contributed by atoms with E-state index in [1.807, 2.05) is 30.3 Å². The number of hydrogen-bond donors (Lipinski definition) is 0. The maximum Gasteiger partial charge on any atom is 0.151 e. The van der Waals surface area contributed by atoms with E-state index in [-0.39, 0.29) is 0 Å². The van der Waals surface area contributed by atoms with Crippen LogP contribution in [0.15, 0.2) is 30.3 Å². The minimum atomic E-state index is 0.335. The predicted molar refractivity (Wildman–Crippen MR) is 74.6 cm³/mol. The summed E-state index contributed by atoms with van der Waals surface area (Å²) in [6.45, 7) is 5.09. The first kappa shape index (κ1) is 13.3. The highest BCUT2D eigenvalue weighted by molar-refractivity contribution is 5.82. The van der Waals surface area contributed by atoms with Gasteiger partial charge in [-0.05, 0) is 32.3 Å². The van der Waals surface area contributed by atoms with Crippen LogP contribution < -0.4 is 0 Å². The van der Waals surface area contributed by atoms with Crippen molar-refractivity contribution in [3.05, 3.63) is 35.9 Å². The van der Waals surface area contributed by atoms with E-state index in [2.05, 4.69) is 18.7 Å². The van der Waals surface area contributed by atoms with Gasteiger partial charge in [0.25, 0.3) is 0 Å². The lowest BCUT2D eigenvalue weighted by Crippen LogP contribution is -2.46. The van der Waals surface area contributed by atoms with Gasteiger partial charge in [-0.3, -0.25) is 9.69 Å². The van der Waals surface area contributed by atoms with Gasteiger partial charge in [-0.15, -0.1) is 0 Å². The molecule has 1 aromatic carbocycles. The topological polar surface area (TPSA) is 20.3 Å². The molecule has 1 heterocycles. The molecule has 1 fully saturated rings. The number of carbonyl (C=O) groups is 1. The summed E-state index contributed by atoms with van der Waals surface area (Å²) in [5.74, 6) is 0.335. The number of hydrogen-bond acceptors (Lipinski definition) is 2. The molecule has 0 spiro atoms. The molecule has 0 unspecified atom stereocenters. The second-order valence-electron chi connectivity index (χ2n) is 5.50. The highest BCUT2D eigenvalue weighted by Gasteiger charge is 2.26. The van der Waals surface area contributed by atoms with Crippen LogP contribution in [0, 0.1) is 0 Å². The fraction of sp³-hybridized carbons (Fsp3) is 0.562. The largest absolute Gasteiger partial charge is 0.298 e. The van der Waals surface area contributed by atoms with Crippen LogP contribution in [-0.2, 0) is 11.2 Å². The second-order valence-corrected chi connectivity index (χ2v) is 5.50. The molecule has 2 nitrogen and oxygen atoms in total. The number of piperidine rings is 1. The van der Waals surface area contributed by atoms with Crippen LogP contribution in [0.1, 0.15) is 38.7 Å². The number of Topliss-reactive ketones (excluding diaryl/α,β-unsaturated/α-hetero) is 1. The van der Waals surface area contributed by atoms with Crippen molar-refractivity contribution < 1.29 is 4.79 Å². The molecule has 1 aromatic rings. The Morgan fingerprint density at radius 2 is 1.78 bits per heavy atom. The Kier molecular flexibility index (Phi) is 4.54. The summed E-state index contributed by atoms with van der Waals surface area (Å²) in [5, 5.41) is 0. The van der Waals surface area contributed by atoms with Crippen molar-refractivity contribution in [3.63, 3.8) is 0 Å². The Morgan fingerprint density at radius 3 is 2.39 bits per heavy atom. The summed E-state index contributed by atoms with van der Waals surface area (Å²) < 4.78 is 0. The molecule has 1 aliphatic rings. The highest BCUT2D eigenvalue weighted by atomic mass is 16.2. The van der Waals surface area contributed by atoms with Gasteiger partial charge in [-0.1, -0.05) is 36.8 Å². The van der Waals surface area contributed by atoms with E-state index in [0.717, 1.165) is 5.56 Å². The summed E-state index contributed by atoms with van der Waals surface area (Å²) in [6, 6.07) is 11.1. The number of likely N-dealkylation sites (tertiary alicyclic amines) is 1. The van der Waals surface area contributed by atoms with E-state index in [1.165, 1.54) is 19.3 Å². The molecule has 0 amide bonds. The molecule has 1 saturated heterocycles. The van der Waals surface area contributed by atoms with Gasteiger partial charge >= 0.3 is 0 Å². The molecular formula is C16H23NO. The average molecular weight is 248 g/mol. The normalized spacial score (nSPS) is 25.0. The first-order chi connectivity index (χ1) is 8.66. The predicted octanol–water partition coefficient (Wildman–Crippen LogP) is 3.06. The van der Waals surface area contributed by atoms with Gasteiger partial charge in [-0.25, -0.2) is 0 Å². The Balaban J connectivity index is 1.90. The van der Waals surface area contributed by atoms with E-state index in [4.69, 9.17) is 0 Å². The SMILES string of the molecule is C[C@@H]1CCC[C@H]([13CH3])N1[13CH2][13C](=O)Cc1ccccc1. The Bertz CT molecular complexity index is 377. The molecular weight excluding hydrogens is 225 g/mol. The Morgan fingerprint density at radius 1 is 1.17 bits per heavy atom. The molecule has 0 radical (unpaired) electrons. The fourth-order valence-electron chi connectivity index (χ4n) is 2.87. The summed E-state index contributed by atoms with van der Waals surface area (Å²) in [4.78, 5) is 14.5. The van der Waals surface area contributed by atoms with Crippen LogP contribution in [0.4, 0.5) is 0 Å². The highest BCUT2D eigenvalue weighted by Crippen LogP contribution is 2.22. The Hall–Kier alpha value is -1.15. The average Bonchev–Trinajstić information content (AvgIpc) is 2.35. The minimum absolute atomic E-state index is 0.335. The van der Waals surface area contributed by atoms with Crippen molar-refractivity contribution >= 4 is 5.78 Å². The molecule has 98 valence electrons. The molecule has 2 heteroatoms. The lowest BCUT2D eigenvalue weighted by Gasteiger charge is -2.38. The standard InChI is InChI=1S/C16H23NO/c1-13-7-6-8-14(2)17(13)12-16(18)11-15-9-4-3-5-10-15/h3-5,9-10,13-14H,6-8,11-12H2,1-2H3/t13-,14+/i1+1,12+1,16+1/m0/s1. The van der Waals surface area contributed by atoms with E-state index < -0.39 is 0 Å². The third-order valence-electron chi connectivity index (χ3n) is 3.98. The van der Waals surface area contributed by atoms with Crippen molar-refractivity contribution in [2.75, 3.05) is 6.54 Å².